The Morgan fingerprint density at radius 2 is 1.79 bits per heavy atom. The number of aryl methyl sites for hydroxylation is 1. The minimum Gasteiger partial charge on any atom is -0.495 e. The summed E-state index contributed by atoms with van der Waals surface area (Å²) in [5, 5.41) is 0.443. The van der Waals surface area contributed by atoms with Crippen molar-refractivity contribution in [2.24, 2.45) is 0 Å². The van der Waals surface area contributed by atoms with E-state index in [2.05, 4.69) is 9.71 Å². The number of rotatable bonds is 5. The van der Waals surface area contributed by atoms with Crippen LogP contribution >= 0.6 is 11.6 Å². The summed E-state index contributed by atoms with van der Waals surface area (Å²) in [6, 6.07) is 16.8. The van der Waals surface area contributed by atoms with Crippen LogP contribution in [0.2, 0.25) is 5.02 Å². The van der Waals surface area contributed by atoms with E-state index in [4.69, 9.17) is 20.8 Å². The molecule has 29 heavy (non-hydrogen) atoms. The number of oxazole rings is 1. The molecule has 0 amide bonds. The van der Waals surface area contributed by atoms with E-state index in [-0.39, 0.29) is 4.90 Å². The zero-order chi connectivity index (χ0) is 20.6. The number of anilines is 1. The molecule has 1 N–H and O–H groups in total. The van der Waals surface area contributed by atoms with Crippen molar-refractivity contribution >= 4 is 38.4 Å². The molecule has 0 saturated carbocycles. The maximum atomic E-state index is 12.6. The molecule has 0 spiro atoms. The lowest BCUT2D eigenvalue weighted by atomic mass is 10.2. The van der Waals surface area contributed by atoms with Crippen molar-refractivity contribution in [2.45, 2.75) is 11.8 Å². The summed E-state index contributed by atoms with van der Waals surface area (Å²) in [4.78, 5) is 4.65. The van der Waals surface area contributed by atoms with Crippen LogP contribution in [0.3, 0.4) is 0 Å². The van der Waals surface area contributed by atoms with Crippen LogP contribution < -0.4 is 9.46 Å². The number of hydrogen-bond donors (Lipinski definition) is 1. The van der Waals surface area contributed by atoms with Gasteiger partial charge < -0.3 is 9.15 Å². The Bertz CT molecular complexity index is 1300. The summed E-state index contributed by atoms with van der Waals surface area (Å²) in [6.45, 7) is 1.90. The number of nitrogens with one attached hydrogen (secondary N) is 1. The van der Waals surface area contributed by atoms with Gasteiger partial charge in [0.2, 0.25) is 5.89 Å². The minimum absolute atomic E-state index is 0.192. The van der Waals surface area contributed by atoms with Gasteiger partial charge in [-0.25, -0.2) is 13.4 Å². The van der Waals surface area contributed by atoms with Gasteiger partial charge in [0, 0.05) is 5.56 Å². The fraction of sp³-hybridized carbons (Fsp3) is 0.0952. The van der Waals surface area contributed by atoms with Gasteiger partial charge in [-0.2, -0.15) is 0 Å². The largest absolute Gasteiger partial charge is 0.495 e. The van der Waals surface area contributed by atoms with Crippen LogP contribution in [-0.4, -0.2) is 20.5 Å². The van der Waals surface area contributed by atoms with Crippen molar-refractivity contribution in [3.63, 3.8) is 0 Å². The maximum Gasteiger partial charge on any atom is 0.261 e. The molecule has 4 rings (SSSR count). The third kappa shape index (κ3) is 3.92. The number of fused-ring (bicyclic) bond motifs is 1. The first-order chi connectivity index (χ1) is 13.9. The molecule has 0 atom stereocenters. The van der Waals surface area contributed by atoms with Crippen LogP contribution in [0.4, 0.5) is 5.69 Å². The molecule has 0 radical (unpaired) electrons. The van der Waals surface area contributed by atoms with E-state index in [9.17, 15) is 8.42 Å². The van der Waals surface area contributed by atoms with Gasteiger partial charge in [0.05, 0.1) is 22.7 Å². The van der Waals surface area contributed by atoms with E-state index >= 15 is 0 Å². The van der Waals surface area contributed by atoms with Crippen molar-refractivity contribution in [3.05, 3.63) is 71.2 Å². The molecular weight excluding hydrogens is 412 g/mol. The normalized spacial score (nSPS) is 11.6. The zero-order valence-electron chi connectivity index (χ0n) is 15.6. The maximum absolute atomic E-state index is 12.6. The van der Waals surface area contributed by atoms with E-state index < -0.39 is 10.0 Å². The number of hydrogen-bond acceptors (Lipinski definition) is 5. The Morgan fingerprint density at radius 1 is 1.03 bits per heavy atom. The summed E-state index contributed by atoms with van der Waals surface area (Å²) in [5.74, 6) is 0.933. The molecule has 6 nitrogen and oxygen atoms in total. The minimum atomic E-state index is -3.70. The summed E-state index contributed by atoms with van der Waals surface area (Å²) in [5.41, 5.74) is 3.12. The predicted octanol–water partition coefficient (Wildman–Crippen LogP) is 5.27. The first kappa shape index (κ1) is 19.3. The molecule has 4 aromatic rings. The van der Waals surface area contributed by atoms with Gasteiger partial charge in [-0.3, -0.25) is 4.72 Å². The van der Waals surface area contributed by atoms with Crippen LogP contribution in [0, 0.1) is 6.92 Å². The van der Waals surface area contributed by atoms with Crippen LogP contribution in [0.15, 0.2) is 70.0 Å². The van der Waals surface area contributed by atoms with Crippen molar-refractivity contribution in [3.8, 4) is 17.2 Å². The Kier molecular flexibility index (Phi) is 4.94. The van der Waals surface area contributed by atoms with Crippen molar-refractivity contribution in [1.29, 1.82) is 0 Å². The van der Waals surface area contributed by atoms with Gasteiger partial charge in [0.25, 0.3) is 10.0 Å². The number of sulfonamides is 1. The third-order valence-electron chi connectivity index (χ3n) is 4.37. The molecule has 148 valence electrons. The van der Waals surface area contributed by atoms with E-state index in [0.717, 1.165) is 5.56 Å². The second-order valence-corrected chi connectivity index (χ2v) is 8.56. The van der Waals surface area contributed by atoms with Crippen molar-refractivity contribution in [2.75, 3.05) is 11.8 Å². The molecule has 0 aliphatic rings. The Balaban J connectivity index is 1.65. The summed E-state index contributed by atoms with van der Waals surface area (Å²) >= 11 is 6.17. The van der Waals surface area contributed by atoms with Crippen LogP contribution in [-0.2, 0) is 10.0 Å². The third-order valence-corrected chi connectivity index (χ3v) is 6.06. The summed E-state index contributed by atoms with van der Waals surface area (Å²) in [6.07, 6.45) is 0. The molecule has 0 aliphatic heterocycles. The average molecular weight is 429 g/mol. The average Bonchev–Trinajstić information content (AvgIpc) is 3.11. The van der Waals surface area contributed by atoms with Gasteiger partial charge in [0.15, 0.2) is 5.58 Å². The molecule has 3 aromatic carbocycles. The SMILES string of the molecule is COc1ccc(-c2nc3cc(NS(=O)(=O)c4ccc(C)cc4)ccc3o2)cc1Cl. The van der Waals surface area contributed by atoms with Gasteiger partial charge in [-0.1, -0.05) is 29.3 Å². The highest BCUT2D eigenvalue weighted by Gasteiger charge is 2.16. The van der Waals surface area contributed by atoms with E-state index in [1.165, 1.54) is 0 Å². The monoisotopic (exact) mass is 428 g/mol. The first-order valence-electron chi connectivity index (χ1n) is 8.70. The number of ether oxygens (including phenoxy) is 1. The van der Waals surface area contributed by atoms with Gasteiger partial charge in [0.1, 0.15) is 11.3 Å². The van der Waals surface area contributed by atoms with Gasteiger partial charge in [-0.05, 0) is 55.5 Å². The lowest BCUT2D eigenvalue weighted by molar-refractivity contribution is 0.415. The highest BCUT2D eigenvalue weighted by molar-refractivity contribution is 7.92. The van der Waals surface area contributed by atoms with Crippen LogP contribution in [0.1, 0.15) is 5.56 Å². The van der Waals surface area contributed by atoms with E-state index in [0.29, 0.717) is 39.0 Å². The van der Waals surface area contributed by atoms with Crippen molar-refractivity contribution < 1.29 is 17.6 Å². The Morgan fingerprint density at radius 3 is 2.48 bits per heavy atom. The lowest BCUT2D eigenvalue weighted by Crippen LogP contribution is -2.12. The molecule has 0 saturated heterocycles. The highest BCUT2D eigenvalue weighted by Crippen LogP contribution is 2.32. The molecule has 0 unspecified atom stereocenters. The number of methoxy groups -OCH3 is 1. The fourth-order valence-electron chi connectivity index (χ4n) is 2.85. The smallest absolute Gasteiger partial charge is 0.261 e. The second kappa shape index (κ2) is 7.42. The number of aromatic nitrogens is 1. The molecule has 8 heteroatoms. The lowest BCUT2D eigenvalue weighted by Gasteiger charge is -2.08. The molecular formula is C21H17ClN2O4S. The molecule has 0 fully saturated rings. The summed E-state index contributed by atoms with van der Waals surface area (Å²) in [7, 11) is -2.16. The van der Waals surface area contributed by atoms with Crippen molar-refractivity contribution in [1.82, 2.24) is 4.98 Å². The molecule has 1 heterocycles. The Hall–Kier alpha value is -3.03. The summed E-state index contributed by atoms with van der Waals surface area (Å²) < 4.78 is 38.7. The topological polar surface area (TPSA) is 81.4 Å². The second-order valence-electron chi connectivity index (χ2n) is 6.47. The zero-order valence-corrected chi connectivity index (χ0v) is 17.2. The highest BCUT2D eigenvalue weighted by atomic mass is 35.5. The number of nitrogens with zero attached hydrogens (tertiary/aromatic N) is 1. The van der Waals surface area contributed by atoms with Crippen LogP contribution in [0.5, 0.6) is 5.75 Å². The van der Waals surface area contributed by atoms with Crippen LogP contribution in [0.25, 0.3) is 22.6 Å². The first-order valence-corrected chi connectivity index (χ1v) is 10.6. The standard InChI is InChI=1S/C21H17ClN2O4S/c1-13-3-7-16(8-4-13)29(25,26)24-15-6-10-20-18(12-15)23-21(28-20)14-5-9-19(27-2)17(22)11-14/h3-12,24H,1-2H3. The quantitative estimate of drug-likeness (QED) is 0.468. The van der Waals surface area contributed by atoms with E-state index in [1.54, 1.807) is 67.8 Å². The number of benzene rings is 3. The molecule has 0 bridgehead atoms. The van der Waals surface area contributed by atoms with E-state index in [1.807, 2.05) is 6.92 Å². The van der Waals surface area contributed by atoms with Gasteiger partial charge in [-0.15, -0.1) is 0 Å². The molecule has 0 aliphatic carbocycles. The fourth-order valence-corrected chi connectivity index (χ4v) is 4.15. The Labute approximate surface area is 173 Å². The van der Waals surface area contributed by atoms with Gasteiger partial charge >= 0.3 is 0 Å². The number of halogens is 1. The predicted molar refractivity (Wildman–Crippen MR) is 113 cm³/mol. The molecule has 1 aromatic heterocycles.